The molecule has 0 spiro atoms. The van der Waals surface area contributed by atoms with E-state index in [0.717, 1.165) is 16.2 Å². The van der Waals surface area contributed by atoms with Crippen LogP contribution < -0.4 is 10.1 Å². The van der Waals surface area contributed by atoms with Gasteiger partial charge >= 0.3 is 0 Å². The minimum Gasteiger partial charge on any atom is -0.484 e. The SMILES string of the molecule is C[C@H](Oc1cc(Br)cc2ncnc(Nc3ccc(F)c(Cl)c3F)c12)c1ccccn1. The monoisotopic (exact) mass is 490 g/mol. The molecule has 30 heavy (non-hydrogen) atoms. The number of ether oxygens (including phenoxy) is 1. The molecule has 2 aromatic carbocycles. The van der Waals surface area contributed by atoms with Crippen molar-refractivity contribution in [2.24, 2.45) is 0 Å². The summed E-state index contributed by atoms with van der Waals surface area (Å²) in [6.45, 7) is 1.87. The fraction of sp³-hybridized carbons (Fsp3) is 0.0952. The first kappa shape index (κ1) is 20.4. The quantitative estimate of drug-likeness (QED) is 0.319. The van der Waals surface area contributed by atoms with E-state index in [1.165, 1.54) is 12.4 Å². The van der Waals surface area contributed by atoms with E-state index in [2.05, 4.69) is 36.2 Å². The Balaban J connectivity index is 1.79. The fourth-order valence-electron chi connectivity index (χ4n) is 2.93. The fourth-order valence-corrected chi connectivity index (χ4v) is 3.52. The molecule has 0 radical (unpaired) electrons. The van der Waals surface area contributed by atoms with Gasteiger partial charge in [-0.15, -0.1) is 0 Å². The van der Waals surface area contributed by atoms with E-state index < -0.39 is 16.7 Å². The molecule has 1 N–H and O–H groups in total. The topological polar surface area (TPSA) is 59.9 Å². The molecular formula is C21H14BrClF2N4O. The Labute approximate surface area is 184 Å². The Morgan fingerprint density at radius 3 is 2.70 bits per heavy atom. The number of pyridine rings is 1. The lowest BCUT2D eigenvalue weighted by atomic mass is 10.2. The Hall–Kier alpha value is -2.84. The van der Waals surface area contributed by atoms with Crippen molar-refractivity contribution in [3.8, 4) is 5.75 Å². The lowest BCUT2D eigenvalue weighted by Gasteiger charge is -2.18. The molecule has 1 atom stereocenters. The maximum atomic E-state index is 14.4. The largest absolute Gasteiger partial charge is 0.484 e. The number of benzene rings is 2. The summed E-state index contributed by atoms with van der Waals surface area (Å²) in [6, 6.07) is 11.4. The maximum absolute atomic E-state index is 14.4. The van der Waals surface area contributed by atoms with Gasteiger partial charge in [0.2, 0.25) is 0 Å². The summed E-state index contributed by atoms with van der Waals surface area (Å²) in [5.41, 5.74) is 1.29. The molecule has 2 aromatic heterocycles. The summed E-state index contributed by atoms with van der Waals surface area (Å²) in [7, 11) is 0. The van der Waals surface area contributed by atoms with E-state index in [-0.39, 0.29) is 17.6 Å². The number of hydrogen-bond acceptors (Lipinski definition) is 5. The van der Waals surface area contributed by atoms with Crippen molar-refractivity contribution in [3.05, 3.63) is 81.8 Å². The number of aromatic nitrogens is 3. The molecule has 4 aromatic rings. The van der Waals surface area contributed by atoms with Crippen LogP contribution in [-0.4, -0.2) is 15.0 Å². The minimum absolute atomic E-state index is 0.0203. The number of hydrogen-bond donors (Lipinski definition) is 1. The molecule has 0 unspecified atom stereocenters. The highest BCUT2D eigenvalue weighted by molar-refractivity contribution is 9.10. The van der Waals surface area contributed by atoms with Crippen LogP contribution >= 0.6 is 27.5 Å². The van der Waals surface area contributed by atoms with Gasteiger partial charge in [-0.05, 0) is 43.3 Å². The van der Waals surface area contributed by atoms with Crippen LogP contribution in [0.15, 0.2) is 59.5 Å². The van der Waals surface area contributed by atoms with Gasteiger partial charge in [0.15, 0.2) is 5.82 Å². The van der Waals surface area contributed by atoms with Gasteiger partial charge in [-0.1, -0.05) is 33.6 Å². The van der Waals surface area contributed by atoms with Crippen LogP contribution in [-0.2, 0) is 0 Å². The molecular weight excluding hydrogens is 478 g/mol. The normalized spacial score (nSPS) is 12.0. The minimum atomic E-state index is -0.912. The first-order valence-corrected chi connectivity index (χ1v) is 10.0. The van der Waals surface area contributed by atoms with Gasteiger partial charge < -0.3 is 10.1 Å². The van der Waals surface area contributed by atoms with Crippen molar-refractivity contribution >= 4 is 49.9 Å². The van der Waals surface area contributed by atoms with Gasteiger partial charge in [0, 0.05) is 10.7 Å². The van der Waals surface area contributed by atoms with Gasteiger partial charge in [-0.3, -0.25) is 4.98 Å². The lowest BCUT2D eigenvalue weighted by Crippen LogP contribution is -2.07. The molecule has 152 valence electrons. The smallest absolute Gasteiger partial charge is 0.168 e. The molecule has 5 nitrogen and oxygen atoms in total. The van der Waals surface area contributed by atoms with Gasteiger partial charge in [-0.25, -0.2) is 18.7 Å². The zero-order valence-corrected chi connectivity index (χ0v) is 17.9. The highest BCUT2D eigenvalue weighted by Gasteiger charge is 2.18. The van der Waals surface area contributed by atoms with Crippen LogP contribution in [0, 0.1) is 11.6 Å². The number of nitrogens with one attached hydrogen (secondary N) is 1. The Morgan fingerprint density at radius 2 is 1.93 bits per heavy atom. The predicted molar refractivity (Wildman–Crippen MR) is 115 cm³/mol. The summed E-state index contributed by atoms with van der Waals surface area (Å²) in [4.78, 5) is 12.8. The summed E-state index contributed by atoms with van der Waals surface area (Å²) >= 11 is 9.15. The maximum Gasteiger partial charge on any atom is 0.168 e. The average Bonchev–Trinajstić information content (AvgIpc) is 2.74. The summed E-state index contributed by atoms with van der Waals surface area (Å²) in [6.07, 6.45) is 2.66. The highest BCUT2D eigenvalue weighted by Crippen LogP contribution is 2.37. The lowest BCUT2D eigenvalue weighted by molar-refractivity contribution is 0.225. The van der Waals surface area contributed by atoms with Crippen molar-refractivity contribution in [1.82, 2.24) is 15.0 Å². The second-order valence-corrected chi connectivity index (χ2v) is 7.68. The third-order valence-corrected chi connectivity index (χ3v) is 5.17. The second-order valence-electron chi connectivity index (χ2n) is 6.38. The van der Waals surface area contributed by atoms with Crippen molar-refractivity contribution in [2.45, 2.75) is 13.0 Å². The molecule has 0 aliphatic heterocycles. The van der Waals surface area contributed by atoms with E-state index in [9.17, 15) is 8.78 Å². The molecule has 0 aliphatic rings. The zero-order valence-electron chi connectivity index (χ0n) is 15.5. The molecule has 0 amide bonds. The molecule has 0 fully saturated rings. The molecule has 0 bridgehead atoms. The Bertz CT molecular complexity index is 1230. The number of nitrogens with zero attached hydrogens (tertiary/aromatic N) is 3. The van der Waals surface area contributed by atoms with Crippen LogP contribution in [0.25, 0.3) is 10.9 Å². The first-order valence-electron chi connectivity index (χ1n) is 8.86. The van der Waals surface area contributed by atoms with Crippen molar-refractivity contribution < 1.29 is 13.5 Å². The molecule has 9 heteroatoms. The number of halogens is 4. The number of rotatable bonds is 5. The Morgan fingerprint density at radius 1 is 1.10 bits per heavy atom. The summed E-state index contributed by atoms with van der Waals surface area (Å²) in [5, 5.41) is 2.80. The van der Waals surface area contributed by atoms with Gasteiger partial charge in [0.25, 0.3) is 0 Å². The van der Waals surface area contributed by atoms with Crippen LogP contribution in [0.3, 0.4) is 0 Å². The Kier molecular flexibility index (Phi) is 5.78. The summed E-state index contributed by atoms with van der Waals surface area (Å²) < 4.78 is 34.8. The third kappa shape index (κ3) is 4.06. The van der Waals surface area contributed by atoms with E-state index in [0.29, 0.717) is 16.7 Å². The van der Waals surface area contributed by atoms with Gasteiger partial charge in [0.05, 0.1) is 22.3 Å². The van der Waals surface area contributed by atoms with Crippen molar-refractivity contribution in [1.29, 1.82) is 0 Å². The van der Waals surface area contributed by atoms with Crippen LogP contribution in [0.4, 0.5) is 20.3 Å². The van der Waals surface area contributed by atoms with Crippen molar-refractivity contribution in [2.75, 3.05) is 5.32 Å². The van der Waals surface area contributed by atoms with Gasteiger partial charge in [-0.2, -0.15) is 0 Å². The molecule has 2 heterocycles. The van der Waals surface area contributed by atoms with E-state index in [4.69, 9.17) is 16.3 Å². The third-order valence-electron chi connectivity index (χ3n) is 4.36. The molecule has 0 saturated heterocycles. The first-order chi connectivity index (χ1) is 14.4. The average molecular weight is 492 g/mol. The molecule has 4 rings (SSSR count). The van der Waals surface area contributed by atoms with Crippen LogP contribution in [0.2, 0.25) is 5.02 Å². The second kappa shape index (κ2) is 8.49. The summed E-state index contributed by atoms with van der Waals surface area (Å²) in [5.74, 6) is -0.999. The van der Waals surface area contributed by atoms with Crippen LogP contribution in [0.5, 0.6) is 5.75 Å². The number of fused-ring (bicyclic) bond motifs is 1. The molecule has 0 aliphatic carbocycles. The van der Waals surface area contributed by atoms with E-state index >= 15 is 0 Å². The standard InChI is InChI=1S/C21H14BrClF2N4O/c1-11(14-4-2-3-7-26-14)30-17-9-12(22)8-16-18(17)21(28-10-27-16)29-15-6-5-13(24)19(23)20(15)25/h2-11H,1H3,(H,27,28,29)/t11-/m0/s1. The highest BCUT2D eigenvalue weighted by atomic mass is 79.9. The molecule has 0 saturated carbocycles. The predicted octanol–water partition coefficient (Wildman–Crippen LogP) is 6.60. The van der Waals surface area contributed by atoms with E-state index in [1.807, 2.05) is 25.1 Å². The van der Waals surface area contributed by atoms with Crippen LogP contribution in [0.1, 0.15) is 18.7 Å². The van der Waals surface area contributed by atoms with Gasteiger partial charge in [0.1, 0.15) is 34.8 Å². The zero-order chi connectivity index (χ0) is 21.3. The number of anilines is 2. The van der Waals surface area contributed by atoms with Crippen molar-refractivity contribution in [3.63, 3.8) is 0 Å². The van der Waals surface area contributed by atoms with E-state index in [1.54, 1.807) is 18.3 Å².